The molecular formula is C20H35NO5. The Labute approximate surface area is 157 Å². The van der Waals surface area contributed by atoms with Crippen LogP contribution in [0.15, 0.2) is 0 Å². The van der Waals surface area contributed by atoms with E-state index in [0.717, 1.165) is 25.9 Å². The van der Waals surface area contributed by atoms with Gasteiger partial charge in [0.25, 0.3) is 0 Å². The molecule has 3 saturated heterocycles. The lowest BCUT2D eigenvalue weighted by Crippen LogP contribution is -2.47. The molecule has 0 spiro atoms. The Morgan fingerprint density at radius 2 is 2.04 bits per heavy atom. The van der Waals surface area contributed by atoms with Gasteiger partial charge >= 0.3 is 5.97 Å². The molecule has 6 nitrogen and oxygen atoms in total. The molecule has 3 heterocycles. The predicted molar refractivity (Wildman–Crippen MR) is 97.7 cm³/mol. The molecule has 0 amide bonds. The Hall–Kier alpha value is -0.690. The maximum absolute atomic E-state index is 11.7. The summed E-state index contributed by atoms with van der Waals surface area (Å²) in [5, 5.41) is 0. The minimum atomic E-state index is -0.195. The largest absolute Gasteiger partial charge is 0.460 e. The number of rotatable bonds is 8. The molecule has 2 bridgehead atoms. The van der Waals surface area contributed by atoms with Crippen molar-refractivity contribution in [3.8, 4) is 0 Å². The van der Waals surface area contributed by atoms with Crippen LogP contribution in [0.25, 0.3) is 0 Å². The second-order valence-electron chi connectivity index (χ2n) is 9.38. The van der Waals surface area contributed by atoms with Gasteiger partial charge in [0.15, 0.2) is 0 Å². The number of cyclic esters (lactones) is 1. The fourth-order valence-electron chi connectivity index (χ4n) is 4.34. The highest BCUT2D eigenvalue weighted by Gasteiger charge is 2.42. The van der Waals surface area contributed by atoms with Gasteiger partial charge in [-0.3, -0.25) is 4.79 Å². The van der Waals surface area contributed by atoms with Crippen molar-refractivity contribution in [3.63, 3.8) is 0 Å². The summed E-state index contributed by atoms with van der Waals surface area (Å²) in [6.45, 7) is 8.51. The van der Waals surface area contributed by atoms with E-state index in [-0.39, 0.29) is 35.0 Å². The van der Waals surface area contributed by atoms with Gasteiger partial charge in [-0.15, -0.1) is 0 Å². The van der Waals surface area contributed by atoms with Crippen molar-refractivity contribution in [1.29, 1.82) is 0 Å². The van der Waals surface area contributed by atoms with Gasteiger partial charge in [-0.1, -0.05) is 13.8 Å². The zero-order valence-electron chi connectivity index (χ0n) is 16.5. The molecule has 3 atom stereocenters. The van der Waals surface area contributed by atoms with E-state index >= 15 is 0 Å². The highest BCUT2D eigenvalue weighted by Crippen LogP contribution is 2.43. The van der Waals surface area contributed by atoms with E-state index in [9.17, 15) is 4.79 Å². The number of nitrogens with two attached hydrogens (primary N) is 1. The first kappa shape index (κ1) is 20.1. The fraction of sp³-hybridized carbons (Fsp3) is 0.950. The van der Waals surface area contributed by atoms with Crippen molar-refractivity contribution in [1.82, 2.24) is 0 Å². The van der Waals surface area contributed by atoms with Gasteiger partial charge in [0.1, 0.15) is 6.10 Å². The average molecular weight is 370 g/mol. The third-order valence-corrected chi connectivity index (χ3v) is 6.19. The SMILES string of the molecule is C[C@@H](OCC12CCC(CC1)OC2)[C@H](N)COCC1CC(C)(C)CC(=O)O1. The maximum Gasteiger partial charge on any atom is 0.306 e. The number of fused-ring (bicyclic) bond motifs is 3. The Balaban J connectivity index is 1.35. The highest BCUT2D eigenvalue weighted by molar-refractivity contribution is 5.71. The van der Waals surface area contributed by atoms with Gasteiger partial charge in [-0.05, 0) is 44.4 Å². The first-order chi connectivity index (χ1) is 12.3. The van der Waals surface area contributed by atoms with E-state index in [4.69, 9.17) is 24.7 Å². The molecule has 4 rings (SSSR count). The van der Waals surface area contributed by atoms with E-state index < -0.39 is 0 Å². The van der Waals surface area contributed by atoms with E-state index in [2.05, 4.69) is 13.8 Å². The lowest BCUT2D eigenvalue weighted by atomic mass is 9.72. The van der Waals surface area contributed by atoms with Crippen molar-refractivity contribution < 1.29 is 23.7 Å². The molecule has 0 radical (unpaired) electrons. The van der Waals surface area contributed by atoms with Crippen LogP contribution in [-0.4, -0.2) is 56.8 Å². The summed E-state index contributed by atoms with van der Waals surface area (Å²) in [7, 11) is 0. The van der Waals surface area contributed by atoms with E-state index in [1.807, 2.05) is 6.92 Å². The number of esters is 1. The molecule has 6 heteroatoms. The molecule has 4 aliphatic rings. The Morgan fingerprint density at radius 1 is 1.31 bits per heavy atom. The summed E-state index contributed by atoms with van der Waals surface area (Å²) >= 11 is 0. The van der Waals surface area contributed by atoms with Crippen LogP contribution in [0.3, 0.4) is 0 Å². The first-order valence-electron chi connectivity index (χ1n) is 10.0. The third kappa shape index (κ3) is 5.18. The second-order valence-corrected chi connectivity index (χ2v) is 9.38. The molecule has 1 aliphatic carbocycles. The summed E-state index contributed by atoms with van der Waals surface area (Å²) in [6.07, 6.45) is 6.22. The number of hydrogen-bond donors (Lipinski definition) is 1. The summed E-state index contributed by atoms with van der Waals surface area (Å²) in [5.74, 6) is -0.139. The summed E-state index contributed by atoms with van der Waals surface area (Å²) in [4.78, 5) is 11.7. The van der Waals surface area contributed by atoms with Crippen LogP contribution in [0.4, 0.5) is 0 Å². The van der Waals surface area contributed by atoms with Crippen molar-refractivity contribution in [2.24, 2.45) is 16.6 Å². The van der Waals surface area contributed by atoms with Gasteiger partial charge in [-0.25, -0.2) is 0 Å². The number of carbonyl (C=O) groups is 1. The van der Waals surface area contributed by atoms with Crippen molar-refractivity contribution in [3.05, 3.63) is 0 Å². The normalized spacial score (nSPS) is 35.8. The average Bonchev–Trinajstić information content (AvgIpc) is 2.59. The molecule has 0 aromatic heterocycles. The van der Waals surface area contributed by atoms with Gasteiger partial charge in [0, 0.05) is 5.41 Å². The van der Waals surface area contributed by atoms with Crippen molar-refractivity contribution >= 4 is 5.97 Å². The first-order valence-corrected chi connectivity index (χ1v) is 10.0. The zero-order valence-corrected chi connectivity index (χ0v) is 16.5. The molecule has 0 aromatic carbocycles. The third-order valence-electron chi connectivity index (χ3n) is 6.19. The Kier molecular flexibility index (Phi) is 6.27. The fourth-order valence-corrected chi connectivity index (χ4v) is 4.34. The zero-order chi connectivity index (χ0) is 18.8. The monoisotopic (exact) mass is 369 g/mol. The highest BCUT2D eigenvalue weighted by atomic mass is 16.6. The van der Waals surface area contributed by atoms with Crippen molar-refractivity contribution in [2.75, 3.05) is 26.4 Å². The molecule has 3 aliphatic heterocycles. The smallest absolute Gasteiger partial charge is 0.306 e. The predicted octanol–water partition coefficient (Wildman–Crippen LogP) is 2.43. The van der Waals surface area contributed by atoms with Crippen LogP contribution in [0.5, 0.6) is 0 Å². The summed E-state index contributed by atoms with van der Waals surface area (Å²) in [6, 6.07) is -0.195. The number of hydrogen-bond acceptors (Lipinski definition) is 6. The number of ether oxygens (including phenoxy) is 4. The molecule has 1 saturated carbocycles. The Morgan fingerprint density at radius 3 is 2.65 bits per heavy atom. The molecule has 1 unspecified atom stereocenters. The van der Waals surface area contributed by atoms with Crippen LogP contribution >= 0.6 is 0 Å². The minimum absolute atomic E-state index is 0.0255. The molecule has 150 valence electrons. The van der Waals surface area contributed by atoms with Crippen LogP contribution in [-0.2, 0) is 23.7 Å². The van der Waals surface area contributed by atoms with Gasteiger partial charge in [0.2, 0.25) is 0 Å². The van der Waals surface area contributed by atoms with Gasteiger partial charge in [-0.2, -0.15) is 0 Å². The Bertz CT molecular complexity index is 473. The molecule has 26 heavy (non-hydrogen) atoms. The number of carbonyl (C=O) groups excluding carboxylic acids is 1. The lowest BCUT2D eigenvalue weighted by Gasteiger charge is -2.46. The van der Waals surface area contributed by atoms with Crippen LogP contribution in [0.2, 0.25) is 0 Å². The molecule has 2 N–H and O–H groups in total. The van der Waals surface area contributed by atoms with E-state index in [1.54, 1.807) is 0 Å². The standard InChI is InChI=1S/C20H35NO5/c1-14(24-12-20-6-4-15(5-7-20)25-13-20)17(21)11-23-10-16-8-19(2,3)9-18(22)26-16/h14-17H,4-13,21H2,1-3H3/t14-,15?,16?,17-,20?/m1/s1. The van der Waals surface area contributed by atoms with Gasteiger partial charge < -0.3 is 24.7 Å². The van der Waals surface area contributed by atoms with Crippen LogP contribution < -0.4 is 5.73 Å². The lowest BCUT2D eigenvalue weighted by molar-refractivity contribution is -0.166. The van der Waals surface area contributed by atoms with Gasteiger partial charge in [0.05, 0.1) is 51.1 Å². The molecular weight excluding hydrogens is 334 g/mol. The maximum atomic E-state index is 11.7. The minimum Gasteiger partial charge on any atom is -0.460 e. The van der Waals surface area contributed by atoms with E-state index in [1.165, 1.54) is 12.8 Å². The molecule has 4 fully saturated rings. The van der Waals surface area contributed by atoms with E-state index in [0.29, 0.717) is 32.3 Å². The second kappa shape index (κ2) is 8.13. The summed E-state index contributed by atoms with van der Waals surface area (Å²) < 4.78 is 23.1. The topological polar surface area (TPSA) is 80.0 Å². The summed E-state index contributed by atoms with van der Waals surface area (Å²) in [5.41, 5.74) is 6.39. The van der Waals surface area contributed by atoms with Crippen molar-refractivity contribution in [2.45, 2.75) is 83.6 Å². The quantitative estimate of drug-likeness (QED) is 0.662. The molecule has 0 aromatic rings. The van der Waals surface area contributed by atoms with Crippen LogP contribution in [0, 0.1) is 10.8 Å². The van der Waals surface area contributed by atoms with Crippen LogP contribution in [0.1, 0.15) is 59.3 Å².